The van der Waals surface area contributed by atoms with Gasteiger partial charge in [-0.3, -0.25) is 24.6 Å². The van der Waals surface area contributed by atoms with E-state index in [1.165, 1.54) is 6.20 Å². The van der Waals surface area contributed by atoms with Gasteiger partial charge < -0.3 is 9.64 Å². The lowest BCUT2D eigenvalue weighted by Gasteiger charge is -2.37. The van der Waals surface area contributed by atoms with Crippen molar-refractivity contribution in [2.24, 2.45) is 5.92 Å². The van der Waals surface area contributed by atoms with Gasteiger partial charge in [-0.1, -0.05) is 5.21 Å². The molecule has 0 spiro atoms. The van der Waals surface area contributed by atoms with Crippen LogP contribution in [0.5, 0.6) is 0 Å². The number of piperidine rings is 1. The van der Waals surface area contributed by atoms with Gasteiger partial charge in [0.2, 0.25) is 0 Å². The van der Waals surface area contributed by atoms with Gasteiger partial charge in [-0.05, 0) is 55.5 Å². The van der Waals surface area contributed by atoms with Crippen molar-refractivity contribution in [1.82, 2.24) is 34.8 Å². The number of carbonyl (C=O) groups excluding carboxylic acids is 1. The molecule has 6 rings (SSSR count). The topological polar surface area (TPSA) is 102 Å². The lowest BCUT2D eigenvalue weighted by Crippen LogP contribution is -2.42. The molecular weight excluding hydrogens is 573 g/mol. The van der Waals surface area contributed by atoms with E-state index in [1.807, 2.05) is 13.1 Å². The minimum Gasteiger partial charge on any atom is -0.379 e. The minimum atomic E-state index is -4.56. The molecule has 44 heavy (non-hydrogen) atoms. The molecule has 0 amide bonds. The normalized spacial score (nSPS) is 16.8. The average molecular weight is 607 g/mol. The molecule has 4 aromatic heterocycles. The van der Waals surface area contributed by atoms with E-state index in [4.69, 9.17) is 4.74 Å². The van der Waals surface area contributed by atoms with Gasteiger partial charge in [-0.15, -0.1) is 5.10 Å². The van der Waals surface area contributed by atoms with Crippen molar-refractivity contribution < 1.29 is 22.7 Å². The summed E-state index contributed by atoms with van der Waals surface area (Å²) >= 11 is 0. The first-order valence-corrected chi connectivity index (χ1v) is 14.7. The van der Waals surface area contributed by atoms with Crippen molar-refractivity contribution in [3.63, 3.8) is 0 Å². The maximum absolute atomic E-state index is 13.1. The van der Waals surface area contributed by atoms with Crippen LogP contribution in [0.4, 0.5) is 18.9 Å². The number of morpholine rings is 1. The lowest BCUT2D eigenvalue weighted by atomic mass is 9.95. The van der Waals surface area contributed by atoms with Crippen LogP contribution in [0.3, 0.4) is 0 Å². The highest BCUT2D eigenvalue weighted by Crippen LogP contribution is 2.30. The molecule has 230 valence electrons. The average Bonchev–Trinajstić information content (AvgIpc) is 3.53. The van der Waals surface area contributed by atoms with E-state index in [-0.39, 0.29) is 12.1 Å². The Hall–Kier alpha value is -4.23. The van der Waals surface area contributed by atoms with Gasteiger partial charge in [0.05, 0.1) is 48.2 Å². The first-order valence-electron chi connectivity index (χ1n) is 14.7. The van der Waals surface area contributed by atoms with Crippen LogP contribution in [-0.2, 0) is 17.3 Å². The number of halogens is 3. The minimum absolute atomic E-state index is 0.161. The predicted molar refractivity (Wildman–Crippen MR) is 157 cm³/mol. The summed E-state index contributed by atoms with van der Waals surface area (Å²) in [5, 5.41) is 8.66. The van der Waals surface area contributed by atoms with E-state index >= 15 is 0 Å². The Balaban J connectivity index is 1.13. The monoisotopic (exact) mass is 606 g/mol. The van der Waals surface area contributed by atoms with Crippen LogP contribution in [0, 0.1) is 12.8 Å². The number of aromatic nitrogens is 6. The summed E-state index contributed by atoms with van der Waals surface area (Å²) < 4.78 is 46.3. The van der Waals surface area contributed by atoms with E-state index in [9.17, 15) is 18.0 Å². The number of alkyl halides is 3. The van der Waals surface area contributed by atoms with Crippen LogP contribution < -0.4 is 4.90 Å². The SMILES string of the molecule is Cc1ncc(CC(=O)c2cc(C(F)(F)F)ccn2)cc1-n1cc(-c2cncc(N3CCC(CN4CCOCC4)CC3)c2)nn1. The second kappa shape index (κ2) is 12.8. The molecule has 10 nitrogen and oxygen atoms in total. The molecule has 0 radical (unpaired) electrons. The summed E-state index contributed by atoms with van der Waals surface area (Å²) in [6.45, 7) is 8.56. The Bertz CT molecular complexity index is 1610. The van der Waals surface area contributed by atoms with Crippen LogP contribution in [0.1, 0.15) is 40.2 Å². The molecule has 0 aromatic carbocycles. The molecule has 2 aliphatic rings. The predicted octanol–water partition coefficient (Wildman–Crippen LogP) is 4.42. The van der Waals surface area contributed by atoms with Crippen LogP contribution in [0.15, 0.2) is 55.2 Å². The number of rotatable bonds is 8. The first kappa shape index (κ1) is 29.8. The number of nitrogens with zero attached hydrogens (tertiary/aromatic N) is 8. The summed E-state index contributed by atoms with van der Waals surface area (Å²) in [5.41, 5.74) is 3.13. The molecular formula is C31H33F3N8O2. The van der Waals surface area contributed by atoms with Gasteiger partial charge in [0.25, 0.3) is 0 Å². The number of hydrogen-bond acceptors (Lipinski definition) is 9. The Morgan fingerprint density at radius 2 is 1.82 bits per heavy atom. The number of anilines is 1. The van der Waals surface area contributed by atoms with Crippen LogP contribution >= 0.6 is 0 Å². The van der Waals surface area contributed by atoms with Crippen molar-refractivity contribution >= 4 is 11.5 Å². The Morgan fingerprint density at radius 1 is 1.02 bits per heavy atom. The third kappa shape index (κ3) is 6.94. The third-order valence-electron chi connectivity index (χ3n) is 8.21. The van der Waals surface area contributed by atoms with E-state index < -0.39 is 17.5 Å². The molecule has 4 aromatic rings. The molecule has 2 fully saturated rings. The molecule has 0 N–H and O–H groups in total. The van der Waals surface area contributed by atoms with Crippen LogP contribution in [0.25, 0.3) is 16.9 Å². The van der Waals surface area contributed by atoms with Crippen molar-refractivity contribution in [2.75, 3.05) is 50.8 Å². The van der Waals surface area contributed by atoms with Gasteiger partial charge in [0.15, 0.2) is 5.78 Å². The molecule has 2 saturated heterocycles. The Morgan fingerprint density at radius 3 is 2.59 bits per heavy atom. The number of Topliss-reactive ketones (excluding diaryl/α,β-unsaturated/α-hetero) is 1. The van der Waals surface area contributed by atoms with Gasteiger partial charge in [-0.25, -0.2) is 4.68 Å². The first-order chi connectivity index (χ1) is 21.2. The van der Waals surface area contributed by atoms with Crippen molar-refractivity contribution in [2.45, 2.75) is 32.4 Å². The lowest BCUT2D eigenvalue weighted by molar-refractivity contribution is -0.137. The van der Waals surface area contributed by atoms with E-state index in [0.717, 1.165) is 88.4 Å². The largest absolute Gasteiger partial charge is 0.416 e. The van der Waals surface area contributed by atoms with Crippen LogP contribution in [-0.4, -0.2) is 86.6 Å². The summed E-state index contributed by atoms with van der Waals surface area (Å²) in [5.74, 6) is 0.143. The fourth-order valence-corrected chi connectivity index (χ4v) is 5.70. The Kier molecular flexibility index (Phi) is 8.67. The second-order valence-electron chi connectivity index (χ2n) is 11.3. The molecule has 13 heteroatoms. The number of ketones is 1. The zero-order valence-corrected chi connectivity index (χ0v) is 24.4. The maximum atomic E-state index is 13.1. The molecule has 0 atom stereocenters. The van der Waals surface area contributed by atoms with Crippen molar-refractivity contribution in [1.29, 1.82) is 0 Å². The molecule has 0 bridgehead atoms. The van der Waals surface area contributed by atoms with E-state index in [1.54, 1.807) is 23.1 Å². The highest BCUT2D eigenvalue weighted by molar-refractivity contribution is 5.95. The summed E-state index contributed by atoms with van der Waals surface area (Å²) in [6, 6.07) is 5.42. The molecule has 2 aliphatic heterocycles. The molecule has 6 heterocycles. The molecule has 0 saturated carbocycles. The highest BCUT2D eigenvalue weighted by atomic mass is 19.4. The smallest absolute Gasteiger partial charge is 0.379 e. The quantitative estimate of drug-likeness (QED) is 0.270. The van der Waals surface area contributed by atoms with Gasteiger partial charge in [0.1, 0.15) is 11.4 Å². The molecule has 0 unspecified atom stereocenters. The van der Waals surface area contributed by atoms with Gasteiger partial charge >= 0.3 is 6.18 Å². The number of aryl methyl sites for hydroxylation is 1. The maximum Gasteiger partial charge on any atom is 0.416 e. The Labute approximate surface area is 252 Å². The van der Waals surface area contributed by atoms with Crippen molar-refractivity contribution in [3.05, 3.63) is 77.8 Å². The third-order valence-corrected chi connectivity index (χ3v) is 8.21. The van der Waals surface area contributed by atoms with Crippen LogP contribution in [0.2, 0.25) is 0 Å². The number of carbonyl (C=O) groups is 1. The molecule has 0 aliphatic carbocycles. The summed E-state index contributed by atoms with van der Waals surface area (Å²) in [7, 11) is 0. The summed E-state index contributed by atoms with van der Waals surface area (Å²) in [6.07, 6.45) is 5.47. The number of pyridine rings is 3. The zero-order chi connectivity index (χ0) is 30.7. The fraction of sp³-hybridized carbons (Fsp3) is 0.419. The summed E-state index contributed by atoms with van der Waals surface area (Å²) in [4.78, 5) is 30.4. The number of hydrogen-bond donors (Lipinski definition) is 0. The van der Waals surface area contributed by atoms with Gasteiger partial charge in [-0.2, -0.15) is 13.2 Å². The van der Waals surface area contributed by atoms with E-state index in [0.29, 0.717) is 28.6 Å². The highest BCUT2D eigenvalue weighted by Gasteiger charge is 2.31. The zero-order valence-electron chi connectivity index (χ0n) is 24.4. The van der Waals surface area contributed by atoms with E-state index in [2.05, 4.69) is 41.1 Å². The number of ether oxygens (including phenoxy) is 1. The second-order valence-corrected chi connectivity index (χ2v) is 11.3. The van der Waals surface area contributed by atoms with Crippen molar-refractivity contribution in [3.8, 4) is 16.9 Å². The van der Waals surface area contributed by atoms with Gasteiger partial charge in [0, 0.05) is 63.3 Å². The fourth-order valence-electron chi connectivity index (χ4n) is 5.70. The standard InChI is InChI=1S/C31H33F3N8O2/c1-21-29(12-23(16-37-21)13-30(43)27-15-25(2-5-36-27)31(32,33)34)42-20-28(38-39-42)24-14-26(18-35-17-24)41-6-3-22(4-7-41)19-40-8-10-44-11-9-40/h2,5,12,14-18,20,22H,3-4,6-11,13,19H2,1H3.